The molecule has 1 aromatic carbocycles. The molecule has 2 aromatic rings. The highest BCUT2D eigenvalue weighted by molar-refractivity contribution is 5.73. The van der Waals surface area contributed by atoms with Gasteiger partial charge in [-0.05, 0) is 7.05 Å². The fourth-order valence-corrected chi connectivity index (χ4v) is 1.79. The van der Waals surface area contributed by atoms with Crippen molar-refractivity contribution in [2.24, 2.45) is 0 Å². The number of carbonyl (C=O) groups is 1. The summed E-state index contributed by atoms with van der Waals surface area (Å²) < 4.78 is 1.84. The van der Waals surface area contributed by atoms with Crippen molar-refractivity contribution < 1.29 is 9.90 Å². The van der Waals surface area contributed by atoms with E-state index in [0.717, 1.165) is 11.4 Å². The van der Waals surface area contributed by atoms with Crippen LogP contribution in [0, 0.1) is 0 Å². The van der Waals surface area contributed by atoms with E-state index in [2.05, 4.69) is 10.3 Å². The van der Waals surface area contributed by atoms with Gasteiger partial charge in [0, 0.05) is 18.0 Å². The van der Waals surface area contributed by atoms with Crippen LogP contribution in [0.25, 0.3) is 11.4 Å². The summed E-state index contributed by atoms with van der Waals surface area (Å²) in [6.07, 6.45) is 3.46. The molecule has 1 atom stereocenters. The Morgan fingerprint density at radius 1 is 1.44 bits per heavy atom. The lowest BCUT2D eigenvalue weighted by molar-refractivity contribution is -0.139. The number of benzene rings is 1. The second-order valence-corrected chi connectivity index (χ2v) is 3.95. The van der Waals surface area contributed by atoms with Crippen LogP contribution in [0.15, 0.2) is 42.7 Å². The molecule has 0 aliphatic heterocycles. The van der Waals surface area contributed by atoms with E-state index < -0.39 is 12.0 Å². The summed E-state index contributed by atoms with van der Waals surface area (Å²) >= 11 is 0. The molecule has 5 nitrogen and oxygen atoms in total. The predicted octanol–water partition coefficient (Wildman–Crippen LogP) is 1.22. The Bertz CT molecular complexity index is 522. The summed E-state index contributed by atoms with van der Waals surface area (Å²) in [4.78, 5) is 15.3. The third-order valence-electron chi connectivity index (χ3n) is 2.77. The lowest BCUT2D eigenvalue weighted by Gasteiger charge is -2.14. The zero-order valence-corrected chi connectivity index (χ0v) is 10.1. The SMILES string of the molecule is CNC(Cn1ccnc1-c1ccccc1)C(=O)O. The van der Waals surface area contributed by atoms with Crippen LogP contribution in [-0.2, 0) is 11.3 Å². The van der Waals surface area contributed by atoms with Crippen LogP contribution in [0.4, 0.5) is 0 Å². The first kappa shape index (κ1) is 12.3. The highest BCUT2D eigenvalue weighted by Crippen LogP contribution is 2.16. The standard InChI is InChI=1S/C13H15N3O2/c1-14-11(13(17)18)9-16-8-7-15-12(16)10-5-3-2-4-6-10/h2-8,11,14H,9H2,1H3,(H,17,18). The second kappa shape index (κ2) is 5.46. The van der Waals surface area contributed by atoms with Crippen molar-refractivity contribution in [1.29, 1.82) is 0 Å². The van der Waals surface area contributed by atoms with Gasteiger partial charge >= 0.3 is 5.97 Å². The van der Waals surface area contributed by atoms with Gasteiger partial charge in [-0.3, -0.25) is 4.79 Å². The van der Waals surface area contributed by atoms with Crippen LogP contribution < -0.4 is 5.32 Å². The molecule has 1 aromatic heterocycles. The molecule has 2 rings (SSSR count). The number of hydrogen-bond donors (Lipinski definition) is 2. The Morgan fingerprint density at radius 3 is 2.78 bits per heavy atom. The second-order valence-electron chi connectivity index (χ2n) is 3.95. The molecule has 0 aliphatic carbocycles. The molecule has 0 fully saturated rings. The number of likely N-dealkylation sites (N-methyl/N-ethyl adjacent to an activating group) is 1. The fraction of sp³-hybridized carbons (Fsp3) is 0.231. The zero-order chi connectivity index (χ0) is 13.0. The molecule has 1 heterocycles. The molecule has 0 spiro atoms. The number of aliphatic carboxylic acids is 1. The number of hydrogen-bond acceptors (Lipinski definition) is 3. The molecule has 0 amide bonds. The number of imidazole rings is 1. The Morgan fingerprint density at radius 2 is 2.17 bits per heavy atom. The first-order chi connectivity index (χ1) is 8.72. The van der Waals surface area contributed by atoms with Crippen LogP contribution in [0.2, 0.25) is 0 Å². The molecule has 0 aliphatic rings. The summed E-state index contributed by atoms with van der Waals surface area (Å²) in [5.41, 5.74) is 0.975. The van der Waals surface area contributed by atoms with Gasteiger partial charge in [0.25, 0.3) is 0 Å². The molecule has 0 saturated carbocycles. The van der Waals surface area contributed by atoms with Crippen molar-refractivity contribution in [3.05, 3.63) is 42.7 Å². The van der Waals surface area contributed by atoms with E-state index in [1.54, 1.807) is 19.4 Å². The minimum absolute atomic E-state index is 0.343. The van der Waals surface area contributed by atoms with Gasteiger partial charge in [0.05, 0.1) is 6.54 Å². The zero-order valence-electron chi connectivity index (χ0n) is 10.1. The number of carboxylic acids is 1. The lowest BCUT2D eigenvalue weighted by atomic mass is 10.2. The van der Waals surface area contributed by atoms with Gasteiger partial charge in [-0.15, -0.1) is 0 Å². The summed E-state index contributed by atoms with van der Waals surface area (Å²) in [5, 5.41) is 11.8. The molecule has 18 heavy (non-hydrogen) atoms. The van der Waals surface area contributed by atoms with Crippen LogP contribution in [-0.4, -0.2) is 33.7 Å². The van der Waals surface area contributed by atoms with Gasteiger partial charge in [-0.2, -0.15) is 0 Å². The van der Waals surface area contributed by atoms with E-state index in [-0.39, 0.29) is 0 Å². The summed E-state index contributed by atoms with van der Waals surface area (Å²) in [6, 6.07) is 9.08. The van der Waals surface area contributed by atoms with Crippen LogP contribution in [0.1, 0.15) is 0 Å². The topological polar surface area (TPSA) is 67.2 Å². The van der Waals surface area contributed by atoms with E-state index in [1.165, 1.54) is 0 Å². The molecule has 1 unspecified atom stereocenters. The van der Waals surface area contributed by atoms with Crippen molar-refractivity contribution in [3.63, 3.8) is 0 Å². The van der Waals surface area contributed by atoms with Gasteiger partial charge in [0.1, 0.15) is 11.9 Å². The van der Waals surface area contributed by atoms with Crippen molar-refractivity contribution in [3.8, 4) is 11.4 Å². The summed E-state index contributed by atoms with van der Waals surface area (Å²) in [6.45, 7) is 0.343. The number of nitrogens with one attached hydrogen (secondary N) is 1. The van der Waals surface area contributed by atoms with Gasteiger partial charge in [-0.25, -0.2) is 4.98 Å². The molecular formula is C13H15N3O2. The monoisotopic (exact) mass is 245 g/mol. The lowest BCUT2D eigenvalue weighted by Crippen LogP contribution is -2.37. The molecule has 0 bridgehead atoms. The van der Waals surface area contributed by atoms with Gasteiger partial charge < -0.3 is 15.0 Å². The van der Waals surface area contributed by atoms with Gasteiger partial charge in [-0.1, -0.05) is 30.3 Å². The van der Waals surface area contributed by atoms with E-state index in [1.807, 2.05) is 34.9 Å². The smallest absolute Gasteiger partial charge is 0.322 e. The summed E-state index contributed by atoms with van der Waals surface area (Å²) in [7, 11) is 1.64. The number of nitrogens with zero attached hydrogens (tertiary/aromatic N) is 2. The number of carboxylic acid groups (broad SMARTS) is 1. The van der Waals surface area contributed by atoms with Crippen LogP contribution in [0.5, 0.6) is 0 Å². The Labute approximate surface area is 105 Å². The van der Waals surface area contributed by atoms with Crippen molar-refractivity contribution in [2.75, 3.05) is 7.05 Å². The normalized spacial score (nSPS) is 12.3. The molecule has 5 heteroatoms. The maximum Gasteiger partial charge on any atom is 0.322 e. The van der Waals surface area contributed by atoms with E-state index >= 15 is 0 Å². The van der Waals surface area contributed by atoms with E-state index in [0.29, 0.717) is 6.54 Å². The van der Waals surface area contributed by atoms with Gasteiger partial charge in [0.2, 0.25) is 0 Å². The maximum absolute atomic E-state index is 11.0. The van der Waals surface area contributed by atoms with Crippen LogP contribution in [0.3, 0.4) is 0 Å². The predicted molar refractivity (Wildman–Crippen MR) is 68.1 cm³/mol. The maximum atomic E-state index is 11.0. The Balaban J connectivity index is 2.26. The van der Waals surface area contributed by atoms with E-state index in [4.69, 9.17) is 5.11 Å². The molecule has 0 saturated heterocycles. The Kier molecular flexibility index (Phi) is 3.74. The van der Waals surface area contributed by atoms with Gasteiger partial charge in [0.15, 0.2) is 0 Å². The summed E-state index contributed by atoms with van der Waals surface area (Å²) in [5.74, 6) is -0.0951. The third-order valence-corrected chi connectivity index (χ3v) is 2.77. The molecular weight excluding hydrogens is 230 g/mol. The minimum atomic E-state index is -0.870. The average Bonchev–Trinajstić information content (AvgIpc) is 2.84. The Hall–Kier alpha value is -2.14. The van der Waals surface area contributed by atoms with Crippen molar-refractivity contribution in [2.45, 2.75) is 12.6 Å². The number of rotatable bonds is 5. The number of aromatic nitrogens is 2. The molecule has 2 N–H and O–H groups in total. The van der Waals surface area contributed by atoms with Crippen molar-refractivity contribution in [1.82, 2.24) is 14.9 Å². The highest BCUT2D eigenvalue weighted by Gasteiger charge is 2.17. The van der Waals surface area contributed by atoms with Crippen molar-refractivity contribution >= 4 is 5.97 Å². The first-order valence-electron chi connectivity index (χ1n) is 5.69. The largest absolute Gasteiger partial charge is 0.480 e. The molecule has 94 valence electrons. The highest BCUT2D eigenvalue weighted by atomic mass is 16.4. The first-order valence-corrected chi connectivity index (χ1v) is 5.69. The minimum Gasteiger partial charge on any atom is -0.480 e. The van der Waals surface area contributed by atoms with E-state index in [9.17, 15) is 4.79 Å². The quantitative estimate of drug-likeness (QED) is 0.831. The third kappa shape index (κ3) is 2.57. The average molecular weight is 245 g/mol. The fourth-order valence-electron chi connectivity index (χ4n) is 1.79. The van der Waals surface area contributed by atoms with Crippen LogP contribution >= 0.6 is 0 Å². The molecule has 0 radical (unpaired) electrons.